The minimum absolute atomic E-state index is 0.0257. The van der Waals surface area contributed by atoms with Gasteiger partial charge in [0.2, 0.25) is 0 Å². The van der Waals surface area contributed by atoms with Gasteiger partial charge in [-0.3, -0.25) is 4.57 Å². The van der Waals surface area contributed by atoms with Crippen LogP contribution in [0.4, 0.5) is 11.4 Å². The van der Waals surface area contributed by atoms with Gasteiger partial charge in [0.1, 0.15) is 24.0 Å². The number of rotatable bonds is 6. The van der Waals surface area contributed by atoms with Gasteiger partial charge in [-0.05, 0) is 132 Å². The summed E-state index contributed by atoms with van der Waals surface area (Å²) in [6.45, 7) is 21.2. The summed E-state index contributed by atoms with van der Waals surface area (Å²) in [5.74, 6) is 2.41. The van der Waals surface area contributed by atoms with E-state index in [0.29, 0.717) is 6.67 Å². The predicted molar refractivity (Wildman–Crippen MR) is 326 cm³/mol. The molecule has 5 heteroatoms. The summed E-state index contributed by atoms with van der Waals surface area (Å²) in [5, 5.41) is 9.63. The van der Waals surface area contributed by atoms with Gasteiger partial charge in [0.15, 0.2) is 0 Å². The van der Waals surface area contributed by atoms with Gasteiger partial charge in [-0.25, -0.2) is 4.98 Å². The molecule has 12 aromatic rings. The molecule has 1 aliphatic rings. The molecule has 0 saturated heterocycles. The molecule has 0 radical (unpaired) electrons. The van der Waals surface area contributed by atoms with Crippen molar-refractivity contribution in [3.63, 3.8) is 0 Å². The molecule has 1 aliphatic heterocycles. The fraction of sp³-hybridized carbons (Fsp3) is 0.181. The van der Waals surface area contributed by atoms with Crippen molar-refractivity contribution in [3.05, 3.63) is 229 Å². The first kappa shape index (κ1) is 48.0. The zero-order valence-corrected chi connectivity index (χ0v) is 45.6. The molecule has 0 saturated carbocycles. The van der Waals surface area contributed by atoms with Crippen molar-refractivity contribution in [3.8, 4) is 39.6 Å². The molecule has 0 fully saturated rings. The van der Waals surface area contributed by atoms with Crippen molar-refractivity contribution in [2.45, 2.75) is 85.2 Å². The molecular formula is C72H64N4O. The average molecular weight is 1000 g/mol. The van der Waals surface area contributed by atoms with Crippen LogP contribution in [0.25, 0.3) is 93.2 Å². The standard InChI is InChI=1S/C72H64N4O/c1-70(2,3)49-32-34-58-62-29-19-31-65-69(62)75(68-55(27-18-28-61(68)56-24-13-14-25-57(56)63(58)41-49)48-38-47(46-20-11-10-12-21-46)39-51(40-48)72(7,8)9)45-74(65)52-22-17-23-53(43-52)77-54-33-35-60-59-26-15-16-30-64(59)76(66(60)44-54)67-42-50(36-37-73-67)71(4,5)6/h10-44H,45H2,1-9H3. The second-order valence-corrected chi connectivity index (χ2v) is 24.1. The van der Waals surface area contributed by atoms with E-state index in [-0.39, 0.29) is 16.2 Å². The maximum absolute atomic E-state index is 6.95. The Morgan fingerprint density at radius 1 is 0.390 bits per heavy atom. The third-order valence-corrected chi connectivity index (χ3v) is 15.9. The summed E-state index contributed by atoms with van der Waals surface area (Å²) in [6, 6.07) is 76.1. The normalized spacial score (nSPS) is 12.9. The molecular weight excluding hydrogens is 937 g/mol. The molecule has 0 bridgehead atoms. The Balaban J connectivity index is 1.03. The van der Waals surface area contributed by atoms with E-state index in [1.807, 2.05) is 6.20 Å². The van der Waals surface area contributed by atoms with Crippen molar-refractivity contribution >= 4 is 76.5 Å². The van der Waals surface area contributed by atoms with Crippen LogP contribution in [0, 0.1) is 0 Å². The summed E-state index contributed by atoms with van der Waals surface area (Å²) in [4.78, 5) is 7.41. The van der Waals surface area contributed by atoms with Crippen molar-refractivity contribution < 1.29 is 4.74 Å². The van der Waals surface area contributed by atoms with Crippen molar-refractivity contribution in [2.75, 3.05) is 4.90 Å². The summed E-state index contributed by atoms with van der Waals surface area (Å²) < 4.78 is 11.8. The van der Waals surface area contributed by atoms with E-state index in [0.717, 1.165) is 45.1 Å². The Morgan fingerprint density at radius 2 is 0.987 bits per heavy atom. The van der Waals surface area contributed by atoms with Gasteiger partial charge in [-0.2, -0.15) is 0 Å². The largest absolute Gasteiger partial charge is 0.457 e. The average Bonchev–Trinajstić information content (AvgIpc) is 4.00. The number of hydrogen-bond donors (Lipinski definition) is 0. The third kappa shape index (κ3) is 8.37. The second kappa shape index (κ2) is 18.0. The van der Waals surface area contributed by atoms with Gasteiger partial charge in [0.25, 0.3) is 0 Å². The molecule has 9 aromatic carbocycles. The van der Waals surface area contributed by atoms with Crippen LogP contribution < -0.4 is 9.64 Å². The molecule has 0 aliphatic carbocycles. The highest BCUT2D eigenvalue weighted by Crippen LogP contribution is 2.47. The quantitative estimate of drug-likeness (QED) is 0.166. The van der Waals surface area contributed by atoms with Gasteiger partial charge in [0.05, 0.1) is 27.8 Å². The highest BCUT2D eigenvalue weighted by molar-refractivity contribution is 6.22. The smallest absolute Gasteiger partial charge is 0.137 e. The summed E-state index contributed by atoms with van der Waals surface area (Å²) in [7, 11) is 0. The molecule has 0 atom stereocenters. The van der Waals surface area contributed by atoms with E-state index in [1.54, 1.807) is 0 Å². The number of anilines is 2. The first-order valence-corrected chi connectivity index (χ1v) is 27.1. The summed E-state index contributed by atoms with van der Waals surface area (Å²) >= 11 is 0. The van der Waals surface area contributed by atoms with Crippen molar-refractivity contribution in [1.82, 2.24) is 14.1 Å². The highest BCUT2D eigenvalue weighted by atomic mass is 16.5. The zero-order chi connectivity index (χ0) is 53.0. The number of hydrogen-bond acceptors (Lipinski definition) is 3. The number of nitrogens with zero attached hydrogens (tertiary/aromatic N) is 4. The minimum Gasteiger partial charge on any atom is -0.457 e. The highest BCUT2D eigenvalue weighted by Gasteiger charge is 2.27. The van der Waals surface area contributed by atoms with Crippen LogP contribution in [0.2, 0.25) is 0 Å². The summed E-state index contributed by atoms with van der Waals surface area (Å²) in [6.07, 6.45) is 1.93. The molecule has 0 N–H and O–H groups in total. The SMILES string of the molecule is CC(C)(C)c1cc(-c2ccccc2)cc(-c2cccc3c4ccccc4c4cc(C(C)(C)C)ccc4c4cccc5c4n(c23)CN5c2cccc(Oc3ccc4c5ccccc5n(-c5cc(C(C)(C)C)ccn5)c4c3)c2)c1. The lowest BCUT2D eigenvalue weighted by atomic mass is 9.83. The van der Waals surface area contributed by atoms with E-state index in [1.165, 1.54) is 87.7 Å². The van der Waals surface area contributed by atoms with E-state index in [9.17, 15) is 0 Å². The number of aromatic nitrogens is 3. The number of ether oxygens (including phenoxy) is 1. The molecule has 77 heavy (non-hydrogen) atoms. The lowest BCUT2D eigenvalue weighted by Gasteiger charge is -2.23. The van der Waals surface area contributed by atoms with Gasteiger partial charge in [0, 0.05) is 51.1 Å². The number of fused-ring (bicyclic) bond motifs is 10. The van der Waals surface area contributed by atoms with Gasteiger partial charge < -0.3 is 14.2 Å². The fourth-order valence-electron chi connectivity index (χ4n) is 11.8. The van der Waals surface area contributed by atoms with E-state index in [2.05, 4.69) is 283 Å². The van der Waals surface area contributed by atoms with Crippen LogP contribution in [-0.4, -0.2) is 14.1 Å². The Morgan fingerprint density at radius 3 is 1.75 bits per heavy atom. The Hall–Kier alpha value is -8.67. The molecule has 0 spiro atoms. The Bertz CT molecular complexity index is 4400. The van der Waals surface area contributed by atoms with Crippen LogP contribution >= 0.6 is 0 Å². The lowest BCUT2D eigenvalue weighted by molar-refractivity contribution is 0.483. The monoisotopic (exact) mass is 1000 g/mol. The van der Waals surface area contributed by atoms with Crippen LogP contribution in [0.1, 0.15) is 79.0 Å². The molecule has 0 unspecified atom stereocenters. The van der Waals surface area contributed by atoms with Crippen LogP contribution in [0.5, 0.6) is 11.5 Å². The van der Waals surface area contributed by atoms with Crippen molar-refractivity contribution in [2.24, 2.45) is 0 Å². The maximum Gasteiger partial charge on any atom is 0.137 e. The predicted octanol–water partition coefficient (Wildman–Crippen LogP) is 19.8. The summed E-state index contributed by atoms with van der Waals surface area (Å²) in [5.41, 5.74) is 15.2. The fourth-order valence-corrected chi connectivity index (χ4v) is 11.8. The van der Waals surface area contributed by atoms with E-state index >= 15 is 0 Å². The van der Waals surface area contributed by atoms with E-state index in [4.69, 9.17) is 9.72 Å². The van der Waals surface area contributed by atoms with Crippen LogP contribution in [0.3, 0.4) is 0 Å². The van der Waals surface area contributed by atoms with Gasteiger partial charge >= 0.3 is 0 Å². The topological polar surface area (TPSA) is 35.2 Å². The Kier molecular flexibility index (Phi) is 11.2. The second-order valence-electron chi connectivity index (χ2n) is 24.1. The molecule has 4 heterocycles. The molecule has 13 rings (SSSR count). The molecule has 5 nitrogen and oxygen atoms in total. The first-order chi connectivity index (χ1) is 37.1. The van der Waals surface area contributed by atoms with Gasteiger partial charge in [-0.15, -0.1) is 0 Å². The maximum atomic E-state index is 6.95. The van der Waals surface area contributed by atoms with Crippen molar-refractivity contribution in [1.29, 1.82) is 0 Å². The Labute approximate surface area is 452 Å². The molecule has 3 aromatic heterocycles. The molecule has 378 valence electrons. The first-order valence-electron chi connectivity index (χ1n) is 27.1. The lowest BCUT2D eigenvalue weighted by Crippen LogP contribution is -2.15. The number of benzene rings is 9. The minimum atomic E-state index is -0.0873. The molecule has 0 amide bonds. The van der Waals surface area contributed by atoms with Crippen LogP contribution in [0.15, 0.2) is 212 Å². The number of para-hydroxylation sites is 3. The van der Waals surface area contributed by atoms with E-state index < -0.39 is 0 Å². The zero-order valence-electron chi connectivity index (χ0n) is 45.6. The van der Waals surface area contributed by atoms with Gasteiger partial charge in [-0.1, -0.05) is 196 Å². The third-order valence-electron chi connectivity index (χ3n) is 15.9. The number of pyridine rings is 1. The van der Waals surface area contributed by atoms with Crippen LogP contribution in [-0.2, 0) is 22.9 Å².